The van der Waals surface area contributed by atoms with E-state index in [0.29, 0.717) is 26.6 Å². The lowest BCUT2D eigenvalue weighted by Crippen LogP contribution is -2.15. The van der Waals surface area contributed by atoms with Crippen molar-refractivity contribution >= 4 is 63.1 Å². The van der Waals surface area contributed by atoms with E-state index in [-0.39, 0.29) is 11.7 Å². The summed E-state index contributed by atoms with van der Waals surface area (Å²) >= 11 is 13.5. The van der Waals surface area contributed by atoms with Gasteiger partial charge in [0.25, 0.3) is 0 Å². The molecule has 2 aromatic heterocycles. The molecule has 0 saturated heterocycles. The molecule has 0 unspecified atom stereocenters. The molecule has 0 aliphatic rings. The average molecular weight is 447 g/mol. The number of benzene rings is 2. The van der Waals surface area contributed by atoms with Gasteiger partial charge in [0.15, 0.2) is 10.8 Å². The SMILES string of the molecule is COc1ccc(Cl)cc1NC(=O)CSc1nnc2cc(C)c3cc(Cl)ccc3n12. The van der Waals surface area contributed by atoms with Crippen LogP contribution in [-0.2, 0) is 4.79 Å². The van der Waals surface area contributed by atoms with Gasteiger partial charge in [-0.05, 0) is 55.0 Å². The minimum absolute atomic E-state index is 0.152. The summed E-state index contributed by atoms with van der Waals surface area (Å²) in [5.41, 5.74) is 3.24. The molecule has 4 aromatic rings. The van der Waals surface area contributed by atoms with Crippen LogP contribution >= 0.6 is 35.0 Å². The quantitative estimate of drug-likeness (QED) is 0.424. The molecule has 148 valence electrons. The Morgan fingerprint density at radius 3 is 2.69 bits per heavy atom. The zero-order chi connectivity index (χ0) is 20.5. The van der Waals surface area contributed by atoms with Gasteiger partial charge in [-0.15, -0.1) is 10.2 Å². The molecule has 0 bridgehead atoms. The molecule has 0 saturated carbocycles. The summed E-state index contributed by atoms with van der Waals surface area (Å²) in [5.74, 6) is 0.491. The van der Waals surface area contributed by atoms with Crippen LogP contribution in [0.2, 0.25) is 10.0 Å². The van der Waals surface area contributed by atoms with E-state index in [4.69, 9.17) is 27.9 Å². The molecule has 1 amide bonds. The number of aryl methyl sites for hydroxylation is 1. The maximum Gasteiger partial charge on any atom is 0.234 e. The Labute approximate surface area is 181 Å². The number of nitrogens with one attached hydrogen (secondary N) is 1. The van der Waals surface area contributed by atoms with Crippen molar-refractivity contribution in [3.8, 4) is 5.75 Å². The summed E-state index contributed by atoms with van der Waals surface area (Å²) in [7, 11) is 1.54. The molecular weight excluding hydrogens is 431 g/mol. The molecule has 0 fully saturated rings. The highest BCUT2D eigenvalue weighted by Gasteiger charge is 2.15. The molecule has 9 heteroatoms. The first kappa shape index (κ1) is 19.8. The van der Waals surface area contributed by atoms with E-state index < -0.39 is 0 Å². The van der Waals surface area contributed by atoms with Gasteiger partial charge in [0.1, 0.15) is 5.75 Å². The fourth-order valence-electron chi connectivity index (χ4n) is 3.08. The highest BCUT2D eigenvalue weighted by Crippen LogP contribution is 2.30. The molecule has 0 atom stereocenters. The third-order valence-electron chi connectivity index (χ3n) is 4.40. The number of fused-ring (bicyclic) bond motifs is 3. The van der Waals surface area contributed by atoms with Crippen molar-refractivity contribution in [1.29, 1.82) is 0 Å². The van der Waals surface area contributed by atoms with Crippen molar-refractivity contribution in [2.24, 2.45) is 0 Å². The van der Waals surface area contributed by atoms with Crippen molar-refractivity contribution in [3.05, 3.63) is 58.1 Å². The predicted octanol–water partition coefficient (Wildman–Crippen LogP) is 5.24. The zero-order valence-corrected chi connectivity index (χ0v) is 17.9. The maximum atomic E-state index is 12.5. The van der Waals surface area contributed by atoms with Crippen molar-refractivity contribution in [2.45, 2.75) is 12.1 Å². The number of anilines is 1. The number of halogens is 2. The van der Waals surface area contributed by atoms with Gasteiger partial charge >= 0.3 is 0 Å². The highest BCUT2D eigenvalue weighted by atomic mass is 35.5. The molecule has 0 radical (unpaired) electrons. The fraction of sp³-hybridized carbons (Fsp3) is 0.150. The van der Waals surface area contributed by atoms with E-state index in [9.17, 15) is 4.79 Å². The van der Waals surface area contributed by atoms with Gasteiger partial charge in [-0.25, -0.2) is 0 Å². The molecule has 0 aliphatic carbocycles. The van der Waals surface area contributed by atoms with Crippen LogP contribution < -0.4 is 10.1 Å². The Morgan fingerprint density at radius 1 is 1.14 bits per heavy atom. The second kappa shape index (κ2) is 8.10. The first-order valence-corrected chi connectivity index (χ1v) is 10.4. The van der Waals surface area contributed by atoms with Crippen molar-refractivity contribution in [2.75, 3.05) is 18.2 Å². The topological polar surface area (TPSA) is 68.5 Å². The molecule has 0 spiro atoms. The van der Waals surface area contributed by atoms with Gasteiger partial charge in [0.2, 0.25) is 5.91 Å². The Morgan fingerprint density at radius 2 is 1.90 bits per heavy atom. The van der Waals surface area contributed by atoms with Crippen LogP contribution in [0, 0.1) is 6.92 Å². The smallest absolute Gasteiger partial charge is 0.234 e. The van der Waals surface area contributed by atoms with Gasteiger partial charge in [-0.2, -0.15) is 0 Å². The molecular formula is C20H16Cl2N4O2S. The second-order valence-electron chi connectivity index (χ2n) is 6.35. The van der Waals surface area contributed by atoms with Crippen LogP contribution in [0.15, 0.2) is 47.6 Å². The molecule has 4 rings (SSSR count). The number of ether oxygens (including phenoxy) is 1. The van der Waals surface area contributed by atoms with Crippen LogP contribution in [0.3, 0.4) is 0 Å². The van der Waals surface area contributed by atoms with Gasteiger partial charge in [0.05, 0.1) is 24.1 Å². The van der Waals surface area contributed by atoms with E-state index in [0.717, 1.165) is 22.1 Å². The number of thioether (sulfide) groups is 1. The summed E-state index contributed by atoms with van der Waals surface area (Å²) in [6, 6.07) is 12.7. The second-order valence-corrected chi connectivity index (χ2v) is 8.16. The van der Waals surface area contributed by atoms with Gasteiger partial charge in [0, 0.05) is 15.4 Å². The molecule has 1 N–H and O–H groups in total. The number of methoxy groups -OCH3 is 1. The largest absolute Gasteiger partial charge is 0.495 e. The molecule has 0 aliphatic heterocycles. The van der Waals surface area contributed by atoms with Gasteiger partial charge in [-0.1, -0.05) is 35.0 Å². The summed E-state index contributed by atoms with van der Waals surface area (Å²) in [4.78, 5) is 12.5. The summed E-state index contributed by atoms with van der Waals surface area (Å²) in [5, 5.41) is 14.1. The number of hydrogen-bond donors (Lipinski definition) is 1. The summed E-state index contributed by atoms with van der Waals surface area (Å²) in [6.45, 7) is 2.01. The van der Waals surface area contributed by atoms with Crippen molar-refractivity contribution in [1.82, 2.24) is 14.6 Å². The minimum Gasteiger partial charge on any atom is -0.495 e. The minimum atomic E-state index is -0.202. The first-order valence-electron chi connectivity index (χ1n) is 8.66. The molecule has 2 heterocycles. The van der Waals surface area contributed by atoms with Crippen LogP contribution in [0.1, 0.15) is 5.56 Å². The number of aromatic nitrogens is 3. The Kier molecular flexibility index (Phi) is 5.54. The van der Waals surface area contributed by atoms with Crippen LogP contribution in [-0.4, -0.2) is 33.4 Å². The predicted molar refractivity (Wildman–Crippen MR) is 118 cm³/mol. The lowest BCUT2D eigenvalue weighted by Gasteiger charge is -2.10. The lowest BCUT2D eigenvalue weighted by molar-refractivity contribution is -0.113. The summed E-state index contributed by atoms with van der Waals surface area (Å²) < 4.78 is 7.19. The standard InChI is InChI=1S/C20H16Cl2N4O2S/c1-11-7-18-24-25-20(26(18)16-5-3-12(21)8-14(11)16)29-10-19(27)23-15-9-13(22)4-6-17(15)28-2/h3-9H,10H2,1-2H3,(H,23,27). The monoisotopic (exact) mass is 446 g/mol. The van der Waals surface area contributed by atoms with E-state index in [1.165, 1.54) is 18.9 Å². The van der Waals surface area contributed by atoms with Crippen LogP contribution in [0.4, 0.5) is 5.69 Å². The van der Waals surface area contributed by atoms with Crippen LogP contribution in [0.5, 0.6) is 5.75 Å². The number of pyridine rings is 1. The summed E-state index contributed by atoms with van der Waals surface area (Å²) in [6.07, 6.45) is 0. The van der Waals surface area contributed by atoms with E-state index in [2.05, 4.69) is 15.5 Å². The van der Waals surface area contributed by atoms with Gasteiger partial charge in [-0.3, -0.25) is 9.20 Å². The number of nitrogens with zero attached hydrogens (tertiary/aromatic N) is 3. The molecule has 29 heavy (non-hydrogen) atoms. The van der Waals surface area contributed by atoms with Crippen LogP contribution in [0.25, 0.3) is 16.6 Å². The number of carbonyl (C=O) groups is 1. The van der Waals surface area contributed by atoms with E-state index in [1.54, 1.807) is 18.2 Å². The maximum absolute atomic E-state index is 12.5. The third-order valence-corrected chi connectivity index (χ3v) is 5.80. The number of carbonyl (C=O) groups excluding carboxylic acids is 1. The molecule has 2 aromatic carbocycles. The Hall–Kier alpha value is -2.48. The average Bonchev–Trinajstić information content (AvgIpc) is 3.09. The number of amides is 1. The number of hydrogen-bond acceptors (Lipinski definition) is 5. The third kappa shape index (κ3) is 3.99. The fourth-order valence-corrected chi connectivity index (χ4v) is 4.18. The highest BCUT2D eigenvalue weighted by molar-refractivity contribution is 7.99. The van der Waals surface area contributed by atoms with E-state index >= 15 is 0 Å². The Balaban J connectivity index is 1.59. The molecule has 6 nitrogen and oxygen atoms in total. The number of rotatable bonds is 5. The van der Waals surface area contributed by atoms with Crippen molar-refractivity contribution < 1.29 is 9.53 Å². The zero-order valence-electron chi connectivity index (χ0n) is 15.6. The Bertz CT molecular complexity index is 1240. The lowest BCUT2D eigenvalue weighted by atomic mass is 10.1. The first-order chi connectivity index (χ1) is 14.0. The normalized spacial score (nSPS) is 11.2. The van der Waals surface area contributed by atoms with Gasteiger partial charge < -0.3 is 10.1 Å². The van der Waals surface area contributed by atoms with E-state index in [1.807, 2.05) is 35.6 Å². The van der Waals surface area contributed by atoms with Crippen molar-refractivity contribution in [3.63, 3.8) is 0 Å².